The molecule has 1 saturated carbocycles. The largest absolute Gasteiger partial charge is 0.377 e. The average Bonchev–Trinajstić information content (AvgIpc) is 2.48. The van der Waals surface area contributed by atoms with Gasteiger partial charge in [0.25, 0.3) is 0 Å². The number of hydrogen-bond donors (Lipinski definition) is 1. The van der Waals surface area contributed by atoms with Crippen LogP contribution in [0.15, 0.2) is 24.3 Å². The van der Waals surface area contributed by atoms with Gasteiger partial charge in [0.05, 0.1) is 6.10 Å². The molecule has 2 unspecified atom stereocenters. The van der Waals surface area contributed by atoms with Crippen molar-refractivity contribution < 1.29 is 4.74 Å². The Morgan fingerprint density at radius 3 is 2.45 bits per heavy atom. The quantitative estimate of drug-likeness (QED) is 0.745. The molecule has 0 heterocycles. The summed E-state index contributed by atoms with van der Waals surface area (Å²) in [4.78, 5) is 0. The SMILES string of the molecule is CCOC(C(N)Cc1ccc(I)cc1)C1CCCCC1. The third-order valence-corrected chi connectivity index (χ3v) is 5.00. The lowest BCUT2D eigenvalue weighted by Gasteiger charge is -2.34. The highest BCUT2D eigenvalue weighted by atomic mass is 127. The Kier molecular flexibility index (Phi) is 6.78. The number of nitrogens with two attached hydrogens (primary N) is 1. The van der Waals surface area contributed by atoms with E-state index < -0.39 is 0 Å². The van der Waals surface area contributed by atoms with Crippen LogP contribution in [0.1, 0.15) is 44.6 Å². The van der Waals surface area contributed by atoms with Crippen molar-refractivity contribution >= 4 is 22.6 Å². The summed E-state index contributed by atoms with van der Waals surface area (Å²) in [6.07, 6.45) is 7.75. The molecule has 1 aromatic carbocycles. The molecule has 0 radical (unpaired) electrons. The van der Waals surface area contributed by atoms with Gasteiger partial charge in [0, 0.05) is 16.2 Å². The number of rotatable bonds is 6. The summed E-state index contributed by atoms with van der Waals surface area (Å²) in [5, 5.41) is 0. The zero-order chi connectivity index (χ0) is 14.4. The second kappa shape index (κ2) is 8.35. The number of hydrogen-bond acceptors (Lipinski definition) is 2. The van der Waals surface area contributed by atoms with Crippen LogP contribution in [-0.2, 0) is 11.2 Å². The standard InChI is InChI=1S/C17H26INO/c1-2-20-17(14-6-4-3-5-7-14)16(19)12-13-8-10-15(18)11-9-13/h8-11,14,16-17H,2-7,12,19H2,1H3. The molecule has 0 bridgehead atoms. The average molecular weight is 387 g/mol. The highest BCUT2D eigenvalue weighted by molar-refractivity contribution is 14.1. The number of ether oxygens (including phenoxy) is 1. The van der Waals surface area contributed by atoms with E-state index in [9.17, 15) is 0 Å². The summed E-state index contributed by atoms with van der Waals surface area (Å²) >= 11 is 2.34. The molecule has 1 aromatic rings. The minimum atomic E-state index is 0.109. The molecule has 0 aliphatic heterocycles. The molecule has 2 nitrogen and oxygen atoms in total. The van der Waals surface area contributed by atoms with Crippen molar-refractivity contribution in [2.24, 2.45) is 11.7 Å². The Morgan fingerprint density at radius 1 is 1.20 bits per heavy atom. The second-order valence-corrected chi connectivity index (χ2v) is 7.06. The van der Waals surface area contributed by atoms with Crippen LogP contribution in [0, 0.1) is 9.49 Å². The van der Waals surface area contributed by atoms with Crippen LogP contribution in [0.2, 0.25) is 0 Å². The predicted molar refractivity (Wildman–Crippen MR) is 92.8 cm³/mol. The monoisotopic (exact) mass is 387 g/mol. The predicted octanol–water partition coefficient (Wildman–Crippen LogP) is 4.15. The van der Waals surface area contributed by atoms with Crippen molar-refractivity contribution in [3.63, 3.8) is 0 Å². The van der Waals surface area contributed by atoms with Gasteiger partial charge in [-0.15, -0.1) is 0 Å². The number of benzene rings is 1. The first-order valence-electron chi connectivity index (χ1n) is 7.82. The Labute approximate surface area is 136 Å². The lowest BCUT2D eigenvalue weighted by Crippen LogP contribution is -2.44. The van der Waals surface area contributed by atoms with Gasteiger partial charge >= 0.3 is 0 Å². The molecule has 1 fully saturated rings. The van der Waals surface area contributed by atoms with E-state index in [4.69, 9.17) is 10.5 Å². The summed E-state index contributed by atoms with van der Waals surface area (Å²) in [6, 6.07) is 8.78. The molecule has 1 aliphatic rings. The molecule has 2 atom stereocenters. The van der Waals surface area contributed by atoms with Crippen LogP contribution in [0.5, 0.6) is 0 Å². The summed E-state index contributed by atoms with van der Waals surface area (Å²) in [5.41, 5.74) is 7.80. The van der Waals surface area contributed by atoms with Gasteiger partial charge in [0.15, 0.2) is 0 Å². The maximum absolute atomic E-state index is 6.48. The molecular weight excluding hydrogens is 361 g/mol. The minimum Gasteiger partial charge on any atom is -0.377 e. The van der Waals surface area contributed by atoms with E-state index >= 15 is 0 Å². The first-order valence-corrected chi connectivity index (χ1v) is 8.90. The molecule has 0 aromatic heterocycles. The van der Waals surface area contributed by atoms with Gasteiger partial charge < -0.3 is 10.5 Å². The molecule has 0 spiro atoms. The van der Waals surface area contributed by atoms with E-state index in [0.29, 0.717) is 5.92 Å². The summed E-state index contributed by atoms with van der Waals surface area (Å²) < 4.78 is 7.28. The molecular formula is C17H26INO. The molecule has 2 N–H and O–H groups in total. The van der Waals surface area contributed by atoms with E-state index in [1.165, 1.54) is 41.2 Å². The van der Waals surface area contributed by atoms with Gasteiger partial charge in [-0.25, -0.2) is 0 Å². The van der Waals surface area contributed by atoms with Gasteiger partial charge in [0.1, 0.15) is 0 Å². The van der Waals surface area contributed by atoms with Crippen molar-refractivity contribution in [1.29, 1.82) is 0 Å². The topological polar surface area (TPSA) is 35.2 Å². The van der Waals surface area contributed by atoms with Crippen molar-refractivity contribution in [3.05, 3.63) is 33.4 Å². The smallest absolute Gasteiger partial charge is 0.0757 e. The van der Waals surface area contributed by atoms with Crippen LogP contribution in [0.25, 0.3) is 0 Å². The molecule has 3 heteroatoms. The van der Waals surface area contributed by atoms with E-state index in [2.05, 4.69) is 53.8 Å². The Bertz CT molecular complexity index is 386. The second-order valence-electron chi connectivity index (χ2n) is 5.81. The molecule has 2 rings (SSSR count). The van der Waals surface area contributed by atoms with Gasteiger partial charge in [-0.3, -0.25) is 0 Å². The molecule has 0 amide bonds. The van der Waals surface area contributed by atoms with Crippen molar-refractivity contribution in [2.45, 2.75) is 57.6 Å². The van der Waals surface area contributed by atoms with E-state index in [1.54, 1.807) is 0 Å². The fraction of sp³-hybridized carbons (Fsp3) is 0.647. The number of halogens is 1. The van der Waals surface area contributed by atoms with Crippen LogP contribution in [0.3, 0.4) is 0 Å². The van der Waals surface area contributed by atoms with Crippen molar-refractivity contribution in [2.75, 3.05) is 6.61 Å². The Hall–Kier alpha value is -0.130. The molecule has 0 saturated heterocycles. The molecule has 1 aliphatic carbocycles. The van der Waals surface area contributed by atoms with E-state index in [-0.39, 0.29) is 12.1 Å². The van der Waals surface area contributed by atoms with Gasteiger partial charge in [0.2, 0.25) is 0 Å². The van der Waals surface area contributed by atoms with Gasteiger partial charge in [-0.05, 0) is 72.4 Å². The third kappa shape index (κ3) is 4.71. The fourth-order valence-corrected chi connectivity index (χ4v) is 3.63. The summed E-state index contributed by atoms with van der Waals surface area (Å²) in [7, 11) is 0. The first kappa shape index (κ1) is 16.2. The zero-order valence-corrected chi connectivity index (χ0v) is 14.5. The molecule has 112 valence electrons. The Morgan fingerprint density at radius 2 is 1.85 bits per heavy atom. The third-order valence-electron chi connectivity index (χ3n) is 4.28. The van der Waals surface area contributed by atoms with Gasteiger partial charge in [-0.2, -0.15) is 0 Å². The fourth-order valence-electron chi connectivity index (χ4n) is 3.27. The van der Waals surface area contributed by atoms with Crippen LogP contribution < -0.4 is 5.73 Å². The maximum atomic E-state index is 6.48. The lowest BCUT2D eigenvalue weighted by molar-refractivity contribution is -0.00912. The van der Waals surface area contributed by atoms with Crippen LogP contribution >= 0.6 is 22.6 Å². The first-order chi connectivity index (χ1) is 9.70. The van der Waals surface area contributed by atoms with E-state index in [0.717, 1.165) is 13.0 Å². The minimum absolute atomic E-state index is 0.109. The Balaban J connectivity index is 1.98. The highest BCUT2D eigenvalue weighted by Gasteiger charge is 2.29. The van der Waals surface area contributed by atoms with Crippen molar-refractivity contribution in [1.82, 2.24) is 0 Å². The zero-order valence-electron chi connectivity index (χ0n) is 12.4. The summed E-state index contributed by atoms with van der Waals surface area (Å²) in [6.45, 7) is 2.84. The van der Waals surface area contributed by atoms with Crippen molar-refractivity contribution in [3.8, 4) is 0 Å². The highest BCUT2D eigenvalue weighted by Crippen LogP contribution is 2.30. The normalized spacial score (nSPS) is 19.8. The summed E-state index contributed by atoms with van der Waals surface area (Å²) in [5.74, 6) is 0.655. The lowest BCUT2D eigenvalue weighted by atomic mass is 9.81. The molecule has 20 heavy (non-hydrogen) atoms. The maximum Gasteiger partial charge on any atom is 0.0757 e. The van der Waals surface area contributed by atoms with E-state index in [1.807, 2.05) is 0 Å². The van der Waals surface area contributed by atoms with Crippen LogP contribution in [0.4, 0.5) is 0 Å². The van der Waals surface area contributed by atoms with Gasteiger partial charge in [-0.1, -0.05) is 31.4 Å². The van der Waals surface area contributed by atoms with Crippen LogP contribution in [-0.4, -0.2) is 18.8 Å².